The van der Waals surface area contributed by atoms with Crippen molar-refractivity contribution in [2.75, 3.05) is 13.2 Å². The van der Waals surface area contributed by atoms with Gasteiger partial charge in [-0.25, -0.2) is 0 Å². The topological polar surface area (TPSA) is 149 Å². The van der Waals surface area contributed by atoms with Gasteiger partial charge in [-0.15, -0.1) is 0 Å². The Morgan fingerprint density at radius 1 is 0.532 bits per heavy atom. The maximum absolute atomic E-state index is 13.0. The molecule has 1 heterocycles. The Kier molecular flexibility index (Phi) is 41.6. The molecule has 9 nitrogen and oxygen atoms in total. The van der Waals surface area contributed by atoms with Crippen molar-refractivity contribution in [1.29, 1.82) is 0 Å². The molecule has 0 aromatic heterocycles. The number of nitrogens with one attached hydrogen (secondary N) is 1. The van der Waals surface area contributed by atoms with Crippen molar-refractivity contribution in [3.8, 4) is 0 Å². The van der Waals surface area contributed by atoms with Gasteiger partial charge in [-0.2, -0.15) is 0 Å². The molecule has 7 atom stereocenters. The van der Waals surface area contributed by atoms with Crippen molar-refractivity contribution in [3.05, 3.63) is 12.2 Å². The number of allylic oxidation sites excluding steroid dienone is 1. The van der Waals surface area contributed by atoms with Gasteiger partial charge in [0.2, 0.25) is 5.91 Å². The number of carbonyl (C=O) groups is 1. The largest absolute Gasteiger partial charge is 0.394 e. The van der Waals surface area contributed by atoms with Crippen LogP contribution in [0.25, 0.3) is 0 Å². The van der Waals surface area contributed by atoms with Crippen LogP contribution in [0.4, 0.5) is 0 Å². The smallest absolute Gasteiger partial charge is 0.220 e. The molecular weight excluding hydrogens is 779 g/mol. The molecule has 368 valence electrons. The van der Waals surface area contributed by atoms with E-state index in [1.54, 1.807) is 6.08 Å². The lowest BCUT2D eigenvalue weighted by Crippen LogP contribution is -2.60. The molecule has 62 heavy (non-hydrogen) atoms. The predicted octanol–water partition coefficient (Wildman–Crippen LogP) is 12.5. The van der Waals surface area contributed by atoms with E-state index in [1.165, 1.54) is 205 Å². The Morgan fingerprint density at radius 3 is 1.26 bits per heavy atom. The first-order valence-corrected chi connectivity index (χ1v) is 26.9. The van der Waals surface area contributed by atoms with Gasteiger partial charge in [-0.05, 0) is 19.3 Å². The SMILES string of the molecule is CCCCCCCCCCCCCCCC/C=C/[C@@H](O)[C@H](CO[C@@H]1O[C@H](CO)[C@H](O)C(O)C1O)NC(=O)CCCCCCCCCCCCCCCCCCCCCCCCC. The monoisotopic (exact) mass is 882 g/mol. The molecule has 9 heteroatoms. The van der Waals surface area contributed by atoms with Crippen LogP contribution in [0, 0.1) is 0 Å². The first-order chi connectivity index (χ1) is 30.3. The summed E-state index contributed by atoms with van der Waals surface area (Å²) in [5, 5.41) is 54.4. The zero-order valence-electron chi connectivity index (χ0n) is 40.6. The minimum Gasteiger partial charge on any atom is -0.394 e. The molecule has 1 aliphatic rings. The van der Waals surface area contributed by atoms with Crippen molar-refractivity contribution in [2.45, 2.75) is 307 Å². The van der Waals surface area contributed by atoms with E-state index in [-0.39, 0.29) is 12.5 Å². The average molecular weight is 882 g/mol. The molecule has 1 amide bonds. The fraction of sp³-hybridized carbons (Fsp3) is 0.943. The van der Waals surface area contributed by atoms with Crippen LogP contribution in [0.2, 0.25) is 0 Å². The van der Waals surface area contributed by atoms with Crippen molar-refractivity contribution < 1.29 is 39.8 Å². The molecule has 1 saturated heterocycles. The number of hydrogen-bond acceptors (Lipinski definition) is 8. The Morgan fingerprint density at radius 2 is 0.887 bits per heavy atom. The van der Waals surface area contributed by atoms with E-state index < -0.39 is 49.5 Å². The number of hydrogen-bond donors (Lipinski definition) is 6. The summed E-state index contributed by atoms with van der Waals surface area (Å²) in [4.78, 5) is 13.0. The predicted molar refractivity (Wildman–Crippen MR) is 258 cm³/mol. The Bertz CT molecular complexity index is 981. The summed E-state index contributed by atoms with van der Waals surface area (Å²) >= 11 is 0. The van der Waals surface area contributed by atoms with E-state index in [1.807, 2.05) is 6.08 Å². The first-order valence-electron chi connectivity index (χ1n) is 26.9. The van der Waals surface area contributed by atoms with Crippen molar-refractivity contribution in [1.82, 2.24) is 5.32 Å². The number of aliphatic hydroxyl groups is 5. The van der Waals surface area contributed by atoms with E-state index in [9.17, 15) is 30.3 Å². The minimum absolute atomic E-state index is 0.171. The van der Waals surface area contributed by atoms with Crippen LogP contribution < -0.4 is 5.32 Å². The molecule has 0 aromatic rings. The second kappa shape index (κ2) is 43.8. The molecule has 0 spiro atoms. The third kappa shape index (κ3) is 33.4. The highest BCUT2D eigenvalue weighted by Crippen LogP contribution is 2.23. The van der Waals surface area contributed by atoms with Gasteiger partial charge < -0.3 is 40.3 Å². The molecule has 0 aromatic carbocycles. The lowest BCUT2D eigenvalue weighted by Gasteiger charge is -2.40. The molecule has 1 rings (SSSR count). The van der Waals surface area contributed by atoms with Gasteiger partial charge in [-0.3, -0.25) is 4.79 Å². The summed E-state index contributed by atoms with van der Waals surface area (Å²) < 4.78 is 11.3. The summed E-state index contributed by atoms with van der Waals surface area (Å²) in [5.41, 5.74) is 0. The van der Waals surface area contributed by atoms with E-state index in [2.05, 4.69) is 19.2 Å². The van der Waals surface area contributed by atoms with Gasteiger partial charge in [0.15, 0.2) is 6.29 Å². The summed E-state index contributed by atoms with van der Waals surface area (Å²) in [6.07, 6.45) is 45.5. The standard InChI is InChI=1S/C53H103NO8/c1-3-5-7-9-11-13-15-17-19-21-22-23-24-25-26-27-29-31-33-35-37-39-41-43-49(57)54-46(45-61-53-52(60)51(59)50(58)48(44-55)62-53)47(56)42-40-38-36-34-32-30-28-20-18-16-14-12-10-8-6-4-2/h40,42,46-48,50-53,55-56,58-60H,3-39,41,43-45H2,1-2H3,(H,54,57)/b42-40+/t46-,47+,48+,50-,51?,52?,53+/m0/s1. The molecule has 0 saturated carbocycles. The van der Waals surface area contributed by atoms with Crippen molar-refractivity contribution in [2.24, 2.45) is 0 Å². The van der Waals surface area contributed by atoms with Crippen LogP contribution in [0.3, 0.4) is 0 Å². The molecule has 1 aliphatic heterocycles. The quantitative estimate of drug-likeness (QED) is 0.0261. The Labute approximate surface area is 382 Å². The second-order valence-corrected chi connectivity index (χ2v) is 19.0. The highest BCUT2D eigenvalue weighted by Gasteiger charge is 2.44. The molecule has 1 fully saturated rings. The van der Waals surface area contributed by atoms with E-state index in [4.69, 9.17) is 9.47 Å². The van der Waals surface area contributed by atoms with Gasteiger partial charge in [0.05, 0.1) is 25.4 Å². The summed E-state index contributed by atoms with van der Waals surface area (Å²) in [5.74, 6) is -0.171. The summed E-state index contributed by atoms with van der Waals surface area (Å²) in [6, 6.07) is -0.799. The number of aliphatic hydroxyl groups excluding tert-OH is 5. The van der Waals surface area contributed by atoms with Gasteiger partial charge in [0.25, 0.3) is 0 Å². The molecule has 0 bridgehead atoms. The van der Waals surface area contributed by atoms with Crippen LogP contribution in [0.1, 0.15) is 264 Å². The van der Waals surface area contributed by atoms with Gasteiger partial charge in [0.1, 0.15) is 24.4 Å². The number of ether oxygens (including phenoxy) is 2. The average Bonchev–Trinajstić information content (AvgIpc) is 3.27. The van der Waals surface area contributed by atoms with E-state index in [0.717, 1.165) is 38.5 Å². The molecule has 2 unspecified atom stereocenters. The zero-order chi connectivity index (χ0) is 45.1. The number of unbranched alkanes of at least 4 members (excludes halogenated alkanes) is 36. The summed E-state index contributed by atoms with van der Waals surface area (Å²) in [6.45, 7) is 3.81. The van der Waals surface area contributed by atoms with Crippen LogP contribution in [-0.4, -0.2) is 87.5 Å². The van der Waals surface area contributed by atoms with Crippen LogP contribution in [0.5, 0.6) is 0 Å². The first kappa shape index (κ1) is 58.9. The maximum atomic E-state index is 13.0. The van der Waals surface area contributed by atoms with Gasteiger partial charge in [0, 0.05) is 6.42 Å². The summed E-state index contributed by atoms with van der Waals surface area (Å²) in [7, 11) is 0. The van der Waals surface area contributed by atoms with Crippen molar-refractivity contribution >= 4 is 5.91 Å². The number of amides is 1. The maximum Gasteiger partial charge on any atom is 0.220 e. The van der Waals surface area contributed by atoms with Crippen molar-refractivity contribution in [3.63, 3.8) is 0 Å². The molecule has 0 radical (unpaired) electrons. The molecule has 6 N–H and O–H groups in total. The highest BCUT2D eigenvalue weighted by molar-refractivity contribution is 5.76. The Balaban J connectivity index is 2.24. The van der Waals surface area contributed by atoms with Crippen LogP contribution in [-0.2, 0) is 14.3 Å². The fourth-order valence-electron chi connectivity index (χ4n) is 8.81. The molecule has 0 aliphatic carbocycles. The lowest BCUT2D eigenvalue weighted by atomic mass is 9.99. The third-order valence-corrected chi connectivity index (χ3v) is 13.1. The van der Waals surface area contributed by atoms with Gasteiger partial charge >= 0.3 is 0 Å². The minimum atomic E-state index is -1.56. The van der Waals surface area contributed by atoms with E-state index in [0.29, 0.717) is 6.42 Å². The van der Waals surface area contributed by atoms with E-state index >= 15 is 0 Å². The third-order valence-electron chi connectivity index (χ3n) is 13.1. The highest BCUT2D eigenvalue weighted by atomic mass is 16.7. The lowest BCUT2D eigenvalue weighted by molar-refractivity contribution is -0.302. The zero-order valence-corrected chi connectivity index (χ0v) is 40.6. The molecular formula is C53H103NO8. The van der Waals surface area contributed by atoms with Crippen LogP contribution >= 0.6 is 0 Å². The second-order valence-electron chi connectivity index (χ2n) is 19.0. The van der Waals surface area contributed by atoms with Crippen LogP contribution in [0.15, 0.2) is 12.2 Å². The fourth-order valence-corrected chi connectivity index (χ4v) is 8.81. The number of rotatable bonds is 46. The Hall–Kier alpha value is -1.07. The normalized spacial score (nSPS) is 20.3. The number of carbonyl (C=O) groups excluding carboxylic acids is 1. The van der Waals surface area contributed by atoms with Gasteiger partial charge in [-0.1, -0.05) is 251 Å².